The van der Waals surface area contributed by atoms with E-state index in [2.05, 4.69) is 23.0 Å². The summed E-state index contributed by atoms with van der Waals surface area (Å²) in [7, 11) is 0. The van der Waals surface area contributed by atoms with E-state index in [9.17, 15) is 0 Å². The van der Waals surface area contributed by atoms with Crippen molar-refractivity contribution in [1.29, 1.82) is 0 Å². The Hall–Kier alpha value is -1.74. The molecule has 0 saturated heterocycles. The topological polar surface area (TPSA) is 51.8 Å². The maximum absolute atomic E-state index is 6.19. The van der Waals surface area contributed by atoms with Gasteiger partial charge in [0.25, 0.3) is 0 Å². The minimum absolute atomic E-state index is 0.190. The van der Waals surface area contributed by atoms with Crippen LogP contribution in [0.2, 0.25) is 0 Å². The second kappa shape index (κ2) is 4.86. The van der Waals surface area contributed by atoms with E-state index in [1.165, 1.54) is 5.56 Å². The van der Waals surface area contributed by atoms with E-state index in [0.717, 1.165) is 17.7 Å². The van der Waals surface area contributed by atoms with E-state index in [-0.39, 0.29) is 6.04 Å². The minimum atomic E-state index is -0.190. The smallest absolute Gasteiger partial charge is 0.0744 e. The van der Waals surface area contributed by atoms with Crippen LogP contribution in [0.15, 0.2) is 42.9 Å². The maximum Gasteiger partial charge on any atom is 0.0744 e. The van der Waals surface area contributed by atoms with Crippen molar-refractivity contribution in [3.05, 3.63) is 59.7 Å². The summed E-state index contributed by atoms with van der Waals surface area (Å²) >= 11 is 0. The van der Waals surface area contributed by atoms with Gasteiger partial charge in [0, 0.05) is 18.6 Å². The fourth-order valence-electron chi connectivity index (χ4n) is 1.75. The molecule has 0 amide bonds. The second-order valence-electron chi connectivity index (χ2n) is 3.67. The van der Waals surface area contributed by atoms with Gasteiger partial charge in [-0.1, -0.05) is 19.1 Å². The van der Waals surface area contributed by atoms with Gasteiger partial charge in [0.15, 0.2) is 0 Å². The largest absolute Gasteiger partial charge is 0.319 e. The average molecular weight is 213 g/mol. The molecule has 2 aromatic rings. The Kier molecular flexibility index (Phi) is 3.27. The Labute approximate surface area is 95.4 Å². The minimum Gasteiger partial charge on any atom is -0.319 e. The second-order valence-corrected chi connectivity index (χ2v) is 3.67. The van der Waals surface area contributed by atoms with Gasteiger partial charge in [-0.25, -0.2) is 0 Å². The molecule has 0 fully saturated rings. The van der Waals surface area contributed by atoms with Crippen LogP contribution in [-0.2, 0) is 6.42 Å². The van der Waals surface area contributed by atoms with Crippen molar-refractivity contribution in [3.63, 3.8) is 0 Å². The van der Waals surface area contributed by atoms with Crippen molar-refractivity contribution >= 4 is 0 Å². The zero-order chi connectivity index (χ0) is 11.4. The molecule has 0 saturated carbocycles. The highest BCUT2D eigenvalue weighted by Crippen LogP contribution is 2.20. The number of hydrogen-bond acceptors (Lipinski definition) is 3. The third kappa shape index (κ3) is 2.09. The molecule has 1 atom stereocenters. The van der Waals surface area contributed by atoms with Crippen LogP contribution < -0.4 is 5.73 Å². The van der Waals surface area contributed by atoms with E-state index >= 15 is 0 Å². The number of hydrogen-bond donors (Lipinski definition) is 1. The first-order valence-electron chi connectivity index (χ1n) is 5.42. The Morgan fingerprint density at radius 2 is 2.06 bits per heavy atom. The molecular formula is C13H15N3. The number of nitrogens with two attached hydrogens (primary N) is 1. The van der Waals surface area contributed by atoms with Gasteiger partial charge in [0.05, 0.1) is 11.7 Å². The van der Waals surface area contributed by atoms with E-state index in [1.807, 2.05) is 18.2 Å². The van der Waals surface area contributed by atoms with Gasteiger partial charge in [0.2, 0.25) is 0 Å². The Bertz CT molecular complexity index is 454. The predicted molar refractivity (Wildman–Crippen MR) is 63.9 cm³/mol. The number of aryl methyl sites for hydroxylation is 1. The Morgan fingerprint density at radius 1 is 1.25 bits per heavy atom. The van der Waals surface area contributed by atoms with Crippen LogP contribution in [0.25, 0.3) is 0 Å². The van der Waals surface area contributed by atoms with Crippen LogP contribution in [0.5, 0.6) is 0 Å². The van der Waals surface area contributed by atoms with Crippen molar-refractivity contribution in [2.45, 2.75) is 19.4 Å². The van der Waals surface area contributed by atoms with Crippen LogP contribution in [0, 0.1) is 0 Å². The maximum atomic E-state index is 6.19. The monoisotopic (exact) mass is 213 g/mol. The van der Waals surface area contributed by atoms with Crippen molar-refractivity contribution < 1.29 is 0 Å². The molecule has 1 unspecified atom stereocenters. The molecule has 16 heavy (non-hydrogen) atoms. The van der Waals surface area contributed by atoms with E-state index in [0.29, 0.717) is 0 Å². The first-order chi connectivity index (χ1) is 7.83. The summed E-state index contributed by atoms with van der Waals surface area (Å²) in [5.74, 6) is 0. The van der Waals surface area contributed by atoms with Crippen molar-refractivity contribution in [2.75, 3.05) is 0 Å². The molecule has 0 bridgehead atoms. The summed E-state index contributed by atoms with van der Waals surface area (Å²) < 4.78 is 0. The third-order valence-electron chi connectivity index (χ3n) is 2.65. The molecule has 0 aliphatic carbocycles. The Morgan fingerprint density at radius 3 is 2.75 bits per heavy atom. The SMILES string of the molecule is CCc1cccnc1C(N)c1cccnc1. The lowest BCUT2D eigenvalue weighted by molar-refractivity contribution is 0.801. The van der Waals surface area contributed by atoms with Gasteiger partial charge in [-0.15, -0.1) is 0 Å². The molecule has 2 heterocycles. The highest BCUT2D eigenvalue weighted by Gasteiger charge is 2.13. The normalized spacial score (nSPS) is 12.4. The molecule has 3 nitrogen and oxygen atoms in total. The van der Waals surface area contributed by atoms with Gasteiger partial charge >= 0.3 is 0 Å². The third-order valence-corrected chi connectivity index (χ3v) is 2.65. The molecule has 0 aliphatic rings. The van der Waals surface area contributed by atoms with Crippen molar-refractivity contribution in [1.82, 2.24) is 9.97 Å². The van der Waals surface area contributed by atoms with Crippen molar-refractivity contribution in [3.8, 4) is 0 Å². The Balaban J connectivity index is 2.37. The molecule has 2 rings (SSSR count). The highest BCUT2D eigenvalue weighted by atomic mass is 14.8. The molecule has 0 aliphatic heterocycles. The fourth-order valence-corrected chi connectivity index (χ4v) is 1.75. The summed E-state index contributed by atoms with van der Waals surface area (Å²) in [6.45, 7) is 2.11. The molecule has 2 aromatic heterocycles. The van der Waals surface area contributed by atoms with Crippen LogP contribution in [0.3, 0.4) is 0 Å². The number of nitrogens with zero attached hydrogens (tertiary/aromatic N) is 2. The van der Waals surface area contributed by atoms with Crippen molar-refractivity contribution in [2.24, 2.45) is 5.73 Å². The quantitative estimate of drug-likeness (QED) is 0.849. The molecule has 3 heteroatoms. The summed E-state index contributed by atoms with van der Waals surface area (Å²) in [6.07, 6.45) is 6.26. The molecular weight excluding hydrogens is 198 g/mol. The molecule has 0 radical (unpaired) electrons. The van der Waals surface area contributed by atoms with Crippen LogP contribution in [-0.4, -0.2) is 9.97 Å². The summed E-state index contributed by atoms with van der Waals surface area (Å²) in [5, 5.41) is 0. The van der Waals surface area contributed by atoms with E-state index in [1.54, 1.807) is 18.6 Å². The van der Waals surface area contributed by atoms with Gasteiger partial charge < -0.3 is 5.73 Å². The lowest BCUT2D eigenvalue weighted by atomic mass is 10.0. The molecule has 0 aromatic carbocycles. The molecule has 2 N–H and O–H groups in total. The van der Waals surface area contributed by atoms with Crippen LogP contribution in [0.1, 0.15) is 29.8 Å². The predicted octanol–water partition coefficient (Wildman–Crippen LogP) is 2.09. The average Bonchev–Trinajstić information content (AvgIpc) is 2.39. The number of pyridine rings is 2. The summed E-state index contributed by atoms with van der Waals surface area (Å²) in [5.41, 5.74) is 9.32. The summed E-state index contributed by atoms with van der Waals surface area (Å²) in [6, 6.07) is 7.69. The molecule has 82 valence electrons. The van der Waals surface area contributed by atoms with Gasteiger partial charge in [0.1, 0.15) is 0 Å². The zero-order valence-electron chi connectivity index (χ0n) is 9.30. The number of rotatable bonds is 3. The number of aromatic nitrogens is 2. The van der Waals surface area contributed by atoms with Crippen LogP contribution >= 0.6 is 0 Å². The van der Waals surface area contributed by atoms with E-state index < -0.39 is 0 Å². The van der Waals surface area contributed by atoms with Crippen LogP contribution in [0.4, 0.5) is 0 Å². The molecule has 0 spiro atoms. The summed E-state index contributed by atoms with van der Waals surface area (Å²) in [4.78, 5) is 8.45. The van der Waals surface area contributed by atoms with E-state index in [4.69, 9.17) is 5.73 Å². The fraction of sp³-hybridized carbons (Fsp3) is 0.231. The lowest BCUT2D eigenvalue weighted by Gasteiger charge is -2.14. The highest BCUT2D eigenvalue weighted by molar-refractivity contribution is 5.30. The lowest BCUT2D eigenvalue weighted by Crippen LogP contribution is -2.15. The standard InChI is InChI=1S/C13H15N3/c1-2-10-5-4-8-16-13(10)12(14)11-6-3-7-15-9-11/h3-9,12H,2,14H2,1H3. The van der Waals surface area contributed by atoms with Gasteiger partial charge in [-0.2, -0.15) is 0 Å². The zero-order valence-corrected chi connectivity index (χ0v) is 9.30. The van der Waals surface area contributed by atoms with Gasteiger partial charge in [-0.3, -0.25) is 9.97 Å². The van der Waals surface area contributed by atoms with Gasteiger partial charge in [-0.05, 0) is 29.7 Å². The first-order valence-corrected chi connectivity index (χ1v) is 5.42. The first kappa shape index (κ1) is 10.8.